The van der Waals surface area contributed by atoms with Gasteiger partial charge in [-0.1, -0.05) is 6.92 Å². The number of ether oxygens (including phenoxy) is 1. The van der Waals surface area contributed by atoms with Crippen LogP contribution in [-0.2, 0) is 17.6 Å². The normalized spacial score (nSPS) is 13.9. The van der Waals surface area contributed by atoms with Crippen molar-refractivity contribution in [2.75, 3.05) is 7.11 Å². The molecule has 0 aromatic heterocycles. The minimum atomic E-state index is 0.435. The van der Waals surface area contributed by atoms with Gasteiger partial charge >= 0.3 is 91.9 Å². The van der Waals surface area contributed by atoms with E-state index >= 15 is 0 Å². The summed E-state index contributed by atoms with van der Waals surface area (Å²) in [7, 11) is 7.12. The van der Waals surface area contributed by atoms with E-state index in [0.717, 1.165) is 25.7 Å². The van der Waals surface area contributed by atoms with Gasteiger partial charge in [0.25, 0.3) is 0 Å². The van der Waals surface area contributed by atoms with Crippen molar-refractivity contribution >= 4 is 19.5 Å². The van der Waals surface area contributed by atoms with E-state index in [1.165, 1.54) is 22.3 Å². The molecule has 1 unspecified atom stereocenters. The van der Waals surface area contributed by atoms with Crippen LogP contribution < -0.4 is 0 Å². The summed E-state index contributed by atoms with van der Waals surface area (Å²) in [6.45, 7) is 8.15. The summed E-state index contributed by atoms with van der Waals surface area (Å²) in [5, 5.41) is 0. The molecule has 1 aliphatic rings. The maximum absolute atomic E-state index is 5.39. The molecule has 1 aliphatic carbocycles. The summed E-state index contributed by atoms with van der Waals surface area (Å²) in [6.07, 6.45) is 8.72. The number of methoxy groups -OCH3 is 1. The topological polar surface area (TPSA) is 9.23 Å². The molecular formula is C19H26BO. The quantitative estimate of drug-likeness (QED) is 0.737. The van der Waals surface area contributed by atoms with Gasteiger partial charge in [0, 0.05) is 7.11 Å². The van der Waals surface area contributed by atoms with Gasteiger partial charge in [0.05, 0.1) is 6.10 Å². The fourth-order valence-corrected chi connectivity index (χ4v) is 2.06. The zero-order valence-corrected chi connectivity index (χ0v) is 13.6. The Morgan fingerprint density at radius 3 is 2.71 bits per heavy atom. The number of aryl methyl sites for hydroxylation is 1. The first-order chi connectivity index (χ1) is 10.1. The van der Waals surface area contributed by atoms with Crippen LogP contribution in [0.1, 0.15) is 43.4 Å². The molecule has 0 saturated heterocycles. The van der Waals surface area contributed by atoms with Crippen LogP contribution in [0, 0.1) is 0 Å². The van der Waals surface area contributed by atoms with E-state index in [9.17, 15) is 0 Å². The number of hydrogen-bond donors (Lipinski definition) is 0. The van der Waals surface area contributed by atoms with Crippen LogP contribution in [0.4, 0.5) is 0 Å². The van der Waals surface area contributed by atoms with Gasteiger partial charge < -0.3 is 4.74 Å². The number of benzene rings is 1. The number of fused-ring (bicyclic) bond motifs is 1. The molecule has 1 atom stereocenters. The predicted octanol–water partition coefficient (Wildman–Crippen LogP) is 4.15. The van der Waals surface area contributed by atoms with Crippen molar-refractivity contribution in [1.82, 2.24) is 0 Å². The van der Waals surface area contributed by atoms with Crippen molar-refractivity contribution in [3.05, 3.63) is 53.1 Å². The molecule has 0 N–H and O–H groups in total. The Balaban J connectivity index is 0.000000315. The Hall–Kier alpha value is -1.41. The molecule has 2 rings (SSSR count). The van der Waals surface area contributed by atoms with E-state index < -0.39 is 0 Å². The summed E-state index contributed by atoms with van der Waals surface area (Å²) < 4.78 is 4.90. The molecule has 0 saturated carbocycles. The van der Waals surface area contributed by atoms with Crippen LogP contribution in [0.25, 0.3) is 6.08 Å². The first-order valence-electron chi connectivity index (χ1n) is 7.64. The standard InChI is InChI=1S/C14H14B.C5H12O/c1-11-4-6-13-7-5-12(3-2-8-15)10-14(13)9-11;1-4-5(2)6-3/h4-8,10H,1-3,9H2;5H,4H2,1-3H3. The average Bonchev–Trinajstić information content (AvgIpc) is 2.52. The Morgan fingerprint density at radius 2 is 2.14 bits per heavy atom. The second kappa shape index (κ2) is 9.52. The summed E-state index contributed by atoms with van der Waals surface area (Å²) in [6, 6.07) is 6.64. The van der Waals surface area contributed by atoms with Crippen LogP contribution in [0.3, 0.4) is 0 Å². The monoisotopic (exact) mass is 281 g/mol. The third kappa shape index (κ3) is 6.26. The molecule has 0 spiro atoms. The van der Waals surface area contributed by atoms with Gasteiger partial charge in [0.2, 0.25) is 0 Å². The fraction of sp³-hybridized carbons (Fsp3) is 0.421. The van der Waals surface area contributed by atoms with Gasteiger partial charge in [-0.15, -0.1) is 0 Å². The third-order valence-corrected chi connectivity index (χ3v) is 3.70. The predicted molar refractivity (Wildman–Crippen MR) is 95.2 cm³/mol. The number of hydrogen-bond acceptors (Lipinski definition) is 1. The number of rotatable bonds is 5. The van der Waals surface area contributed by atoms with Gasteiger partial charge in [-0.3, -0.25) is 0 Å². The Labute approximate surface area is 130 Å². The first kappa shape index (κ1) is 17.6. The van der Waals surface area contributed by atoms with E-state index in [2.05, 4.69) is 50.8 Å². The zero-order chi connectivity index (χ0) is 15.7. The summed E-state index contributed by atoms with van der Waals surface area (Å²) >= 11 is 0. The van der Waals surface area contributed by atoms with Gasteiger partial charge in [0.15, 0.2) is 0 Å². The zero-order valence-electron chi connectivity index (χ0n) is 13.6. The third-order valence-electron chi connectivity index (χ3n) is 3.70. The van der Waals surface area contributed by atoms with E-state index in [0.29, 0.717) is 6.10 Å². The molecule has 1 aromatic carbocycles. The van der Waals surface area contributed by atoms with Crippen molar-refractivity contribution in [3.8, 4) is 0 Å². The van der Waals surface area contributed by atoms with Crippen molar-refractivity contribution in [2.24, 2.45) is 0 Å². The molecule has 1 radical (unpaired) electrons. The molecule has 0 bridgehead atoms. The molecule has 0 amide bonds. The minimum absolute atomic E-state index is 0.435. The molecular weight excluding hydrogens is 255 g/mol. The van der Waals surface area contributed by atoms with Crippen molar-refractivity contribution in [1.29, 1.82) is 0 Å². The Morgan fingerprint density at radius 1 is 1.38 bits per heavy atom. The van der Waals surface area contributed by atoms with Crippen LogP contribution in [0.2, 0.25) is 0 Å². The van der Waals surface area contributed by atoms with Crippen LogP contribution in [0.15, 0.2) is 36.4 Å². The summed E-state index contributed by atoms with van der Waals surface area (Å²) in [5.41, 5.74) is 5.25. The molecule has 2 heteroatoms. The average molecular weight is 281 g/mol. The first-order valence-corrected chi connectivity index (χ1v) is 7.64. The molecule has 0 fully saturated rings. The number of allylic oxidation sites excluding steroid dienone is 2. The molecule has 21 heavy (non-hydrogen) atoms. The van der Waals surface area contributed by atoms with E-state index in [-0.39, 0.29) is 0 Å². The SMILES string of the molecule is CCC(C)OC.[B]=CCCc1ccc2c(c1)CC(=C)C=C2. The molecule has 0 heterocycles. The van der Waals surface area contributed by atoms with Gasteiger partial charge in [-0.25, -0.2) is 0 Å². The van der Waals surface area contributed by atoms with Crippen LogP contribution in [-0.4, -0.2) is 26.7 Å². The second-order valence-electron chi connectivity index (χ2n) is 5.43. The fourth-order valence-electron chi connectivity index (χ4n) is 2.06. The van der Waals surface area contributed by atoms with E-state index in [1.807, 2.05) is 0 Å². The van der Waals surface area contributed by atoms with Crippen molar-refractivity contribution in [3.63, 3.8) is 0 Å². The van der Waals surface area contributed by atoms with Crippen molar-refractivity contribution < 1.29 is 4.74 Å². The summed E-state index contributed by atoms with van der Waals surface area (Å²) in [5.74, 6) is 1.72. The molecule has 1 nitrogen and oxygen atoms in total. The van der Waals surface area contributed by atoms with Gasteiger partial charge in [-0.05, 0) is 13.3 Å². The van der Waals surface area contributed by atoms with Crippen molar-refractivity contribution in [2.45, 2.75) is 45.6 Å². The van der Waals surface area contributed by atoms with E-state index in [4.69, 9.17) is 12.2 Å². The maximum atomic E-state index is 5.39. The second-order valence-corrected chi connectivity index (χ2v) is 5.43. The van der Waals surface area contributed by atoms with Crippen LogP contribution >= 0.6 is 0 Å². The molecule has 1 aromatic rings. The molecule has 111 valence electrons. The Bertz CT molecular complexity index is 498. The Kier molecular flexibility index (Phi) is 8.00. The molecule has 0 aliphatic heterocycles. The van der Waals surface area contributed by atoms with Gasteiger partial charge in [-0.2, -0.15) is 0 Å². The van der Waals surface area contributed by atoms with E-state index in [1.54, 1.807) is 13.1 Å². The van der Waals surface area contributed by atoms with Gasteiger partial charge in [0.1, 0.15) is 0 Å². The summed E-state index contributed by atoms with van der Waals surface area (Å²) in [4.78, 5) is 0. The van der Waals surface area contributed by atoms with Crippen LogP contribution in [0.5, 0.6) is 0 Å².